The first-order chi connectivity index (χ1) is 21.2. The molecular formula is C23H17Br2ClI2N16. The van der Waals surface area contributed by atoms with Crippen molar-refractivity contribution in [2.75, 3.05) is 0 Å². The van der Waals surface area contributed by atoms with Crippen LogP contribution < -0.4 is 0 Å². The quantitative estimate of drug-likeness (QED) is 0.150. The zero-order valence-electron chi connectivity index (χ0n) is 22.7. The highest BCUT2D eigenvalue weighted by molar-refractivity contribution is 14.1. The minimum atomic E-state index is 0.355. The van der Waals surface area contributed by atoms with Gasteiger partial charge >= 0.3 is 0 Å². The van der Waals surface area contributed by atoms with Crippen LogP contribution in [0.4, 0.5) is 0 Å². The zero-order valence-corrected chi connectivity index (χ0v) is 30.9. The fourth-order valence-electron chi connectivity index (χ4n) is 3.48. The Balaban J connectivity index is 0.000000116. The molecule has 8 aromatic heterocycles. The number of hydrogen-bond acceptors (Lipinski definition) is 12. The lowest BCUT2D eigenvalue weighted by atomic mass is 10.5. The van der Waals surface area contributed by atoms with E-state index in [4.69, 9.17) is 11.6 Å². The van der Waals surface area contributed by atoms with Crippen LogP contribution in [0.25, 0.3) is 22.6 Å². The molecule has 0 aliphatic carbocycles. The van der Waals surface area contributed by atoms with Crippen LogP contribution in [0.2, 0.25) is 5.28 Å². The molecule has 8 rings (SSSR count). The molecular weight excluding hydrogens is 949 g/mol. The van der Waals surface area contributed by atoms with Crippen LogP contribution in [0.15, 0.2) is 59.0 Å². The lowest BCUT2D eigenvalue weighted by Gasteiger charge is -1.96. The van der Waals surface area contributed by atoms with Gasteiger partial charge in [0, 0.05) is 24.8 Å². The smallest absolute Gasteiger partial charge is 0.209 e. The normalized spacial score (nSPS) is 10.7. The highest BCUT2D eigenvalue weighted by atomic mass is 127. The van der Waals surface area contributed by atoms with Crippen molar-refractivity contribution in [2.24, 2.45) is 0 Å². The summed E-state index contributed by atoms with van der Waals surface area (Å²) in [6, 6.07) is 0. The number of aryl methyl sites for hydroxylation is 3. The molecule has 0 spiro atoms. The van der Waals surface area contributed by atoms with Crippen LogP contribution in [0.3, 0.4) is 0 Å². The number of fused-ring (bicyclic) bond motifs is 4. The maximum Gasteiger partial charge on any atom is 0.209 e. The van der Waals surface area contributed by atoms with E-state index in [2.05, 4.69) is 138 Å². The largest absolute Gasteiger partial charge is 0.269 e. The summed E-state index contributed by atoms with van der Waals surface area (Å²) in [5.41, 5.74) is 3.22. The molecule has 0 aromatic carbocycles. The van der Waals surface area contributed by atoms with Crippen molar-refractivity contribution in [3.05, 3.63) is 88.9 Å². The highest BCUT2D eigenvalue weighted by Gasteiger charge is 2.05. The summed E-state index contributed by atoms with van der Waals surface area (Å²) in [7, 11) is 0. The molecule has 8 aromatic rings. The molecule has 8 heterocycles. The minimum Gasteiger partial charge on any atom is -0.269 e. The average Bonchev–Trinajstić information content (AvgIpc) is 3.84. The fraction of sp³-hybridized carbons (Fsp3) is 0.130. The van der Waals surface area contributed by atoms with Gasteiger partial charge in [0.1, 0.15) is 42.8 Å². The van der Waals surface area contributed by atoms with Gasteiger partial charge in [0.25, 0.3) is 0 Å². The van der Waals surface area contributed by atoms with E-state index in [1.807, 2.05) is 34.0 Å². The van der Waals surface area contributed by atoms with Crippen LogP contribution in [-0.4, -0.2) is 78.3 Å². The summed E-state index contributed by atoms with van der Waals surface area (Å²) in [6.45, 7) is 5.75. The van der Waals surface area contributed by atoms with Gasteiger partial charge in [-0.15, -0.1) is 40.8 Å². The van der Waals surface area contributed by atoms with Crippen LogP contribution in [0, 0.1) is 27.9 Å². The van der Waals surface area contributed by atoms with Crippen LogP contribution in [-0.2, 0) is 0 Å². The number of rotatable bonds is 0. The molecule has 0 fully saturated rings. The summed E-state index contributed by atoms with van der Waals surface area (Å²) < 4.78 is 10.8. The zero-order chi connectivity index (χ0) is 31.4. The van der Waals surface area contributed by atoms with E-state index < -0.39 is 0 Å². The molecule has 0 N–H and O–H groups in total. The van der Waals surface area contributed by atoms with E-state index >= 15 is 0 Å². The Kier molecular flexibility index (Phi) is 10.5. The molecule has 0 unspecified atom stereocenters. The Labute approximate surface area is 296 Å². The Morgan fingerprint density at radius 3 is 1.27 bits per heavy atom. The SMILES string of the molecule is Cc1ncc(Br)c2nncn12.Cc1ncc(I)c2nncn12.Cc1ncc(I)c2nncn12.Clc1ncc(Br)c2nncn12. The summed E-state index contributed by atoms with van der Waals surface area (Å²) in [5, 5.41) is 31.0. The van der Waals surface area contributed by atoms with E-state index in [0.717, 1.165) is 50.5 Å². The van der Waals surface area contributed by atoms with Crippen molar-refractivity contribution in [2.45, 2.75) is 20.8 Å². The molecule has 21 heteroatoms. The molecule has 0 bridgehead atoms. The fourth-order valence-corrected chi connectivity index (χ4v) is 5.41. The molecule has 16 nitrogen and oxygen atoms in total. The van der Waals surface area contributed by atoms with Crippen LogP contribution in [0.5, 0.6) is 0 Å². The van der Waals surface area contributed by atoms with Gasteiger partial charge in [0.15, 0.2) is 22.6 Å². The highest BCUT2D eigenvalue weighted by Crippen LogP contribution is 2.17. The topological polar surface area (TPSA) is 172 Å². The second kappa shape index (κ2) is 14.3. The molecule has 0 atom stereocenters. The minimum absolute atomic E-state index is 0.355. The van der Waals surface area contributed by atoms with Gasteiger partial charge in [-0.2, -0.15) is 0 Å². The molecule has 0 radical (unpaired) electrons. The van der Waals surface area contributed by atoms with Gasteiger partial charge in [-0.25, -0.2) is 19.9 Å². The summed E-state index contributed by atoms with van der Waals surface area (Å²) >= 11 is 16.7. The monoisotopic (exact) mass is 964 g/mol. The first-order valence-electron chi connectivity index (χ1n) is 12.1. The van der Waals surface area contributed by atoms with Crippen LogP contribution in [0.1, 0.15) is 17.5 Å². The Morgan fingerprint density at radius 1 is 0.523 bits per heavy atom. The van der Waals surface area contributed by atoms with Gasteiger partial charge in [-0.1, -0.05) is 0 Å². The second-order valence-electron chi connectivity index (χ2n) is 8.43. The number of nitrogens with zero attached hydrogens (tertiary/aromatic N) is 16. The van der Waals surface area contributed by atoms with Crippen molar-refractivity contribution >= 4 is 111 Å². The second-order valence-corrected chi connectivity index (χ2v) is 12.8. The lowest BCUT2D eigenvalue weighted by Crippen LogP contribution is -1.95. The third kappa shape index (κ3) is 7.07. The van der Waals surface area contributed by atoms with E-state index in [0.29, 0.717) is 10.9 Å². The van der Waals surface area contributed by atoms with Crippen molar-refractivity contribution in [1.29, 1.82) is 0 Å². The number of aromatic nitrogens is 16. The first-order valence-corrected chi connectivity index (χ1v) is 16.2. The predicted molar refractivity (Wildman–Crippen MR) is 183 cm³/mol. The van der Waals surface area contributed by atoms with Gasteiger partial charge in [-0.05, 0) is 109 Å². The Hall–Kier alpha value is -3.09. The first kappa shape index (κ1) is 32.3. The average molecular weight is 967 g/mol. The molecule has 0 saturated heterocycles. The predicted octanol–water partition coefficient (Wildman–Crippen LogP) is 4.81. The van der Waals surface area contributed by atoms with E-state index in [-0.39, 0.29) is 0 Å². The Morgan fingerprint density at radius 2 is 0.864 bits per heavy atom. The van der Waals surface area contributed by atoms with Gasteiger partial charge in [0.05, 0.1) is 16.1 Å². The van der Waals surface area contributed by atoms with Gasteiger partial charge in [0.2, 0.25) is 5.28 Å². The van der Waals surface area contributed by atoms with Crippen LogP contribution >= 0.6 is 88.6 Å². The van der Waals surface area contributed by atoms with E-state index in [9.17, 15) is 0 Å². The van der Waals surface area contributed by atoms with Crippen molar-refractivity contribution in [1.82, 2.24) is 78.3 Å². The maximum atomic E-state index is 5.72. The molecule has 0 aliphatic rings. The lowest BCUT2D eigenvalue weighted by molar-refractivity contribution is 0.974. The van der Waals surface area contributed by atoms with Gasteiger partial charge in [-0.3, -0.25) is 17.6 Å². The molecule has 0 aliphatic heterocycles. The standard InChI is InChI=1S/C6H5BrN4.2C6H5IN4.C5H2BrClN4/c3*1-4-8-2-5(7)6-10-9-3-11(4)6;6-3-1-8-5(7)11-2-9-10-4(3)11/h3*2-3H,1H3;1-2H. The molecule has 224 valence electrons. The number of halogens is 5. The van der Waals surface area contributed by atoms with E-state index in [1.165, 1.54) is 6.33 Å². The van der Waals surface area contributed by atoms with E-state index in [1.54, 1.807) is 48.2 Å². The molecule has 0 saturated carbocycles. The van der Waals surface area contributed by atoms with Crippen molar-refractivity contribution < 1.29 is 0 Å². The number of hydrogen-bond donors (Lipinski definition) is 0. The molecule has 0 amide bonds. The molecule has 44 heavy (non-hydrogen) atoms. The third-order valence-electron chi connectivity index (χ3n) is 5.67. The summed E-state index contributed by atoms with van der Waals surface area (Å²) in [5.74, 6) is 2.70. The van der Waals surface area contributed by atoms with Gasteiger partial charge < -0.3 is 0 Å². The Bertz CT molecular complexity index is 1760. The summed E-state index contributed by atoms with van der Waals surface area (Å²) in [6.07, 6.45) is 13.4. The third-order valence-corrected chi connectivity index (χ3v) is 8.59. The maximum absolute atomic E-state index is 5.72. The van der Waals surface area contributed by atoms with Crippen molar-refractivity contribution in [3.8, 4) is 0 Å². The summed E-state index contributed by atoms with van der Waals surface area (Å²) in [4.78, 5) is 16.3. The van der Waals surface area contributed by atoms with Crippen molar-refractivity contribution in [3.63, 3.8) is 0 Å².